The van der Waals surface area contributed by atoms with Crippen molar-refractivity contribution >= 4 is 5.78 Å². The van der Waals surface area contributed by atoms with Crippen molar-refractivity contribution in [2.75, 3.05) is 20.1 Å². The van der Waals surface area contributed by atoms with E-state index in [4.69, 9.17) is 0 Å². The molecule has 2 aliphatic rings. The Morgan fingerprint density at radius 1 is 1.27 bits per heavy atom. The number of likely N-dealkylation sites (tertiary alicyclic amines) is 1. The van der Waals surface area contributed by atoms with Gasteiger partial charge in [0.15, 0.2) is 0 Å². The van der Waals surface area contributed by atoms with Crippen LogP contribution in [0.15, 0.2) is 0 Å². The summed E-state index contributed by atoms with van der Waals surface area (Å²) >= 11 is 0. The number of fused-ring (bicyclic) bond motifs is 2. The second-order valence-electron chi connectivity index (χ2n) is 3.95. The van der Waals surface area contributed by atoms with Crippen LogP contribution in [0.2, 0.25) is 0 Å². The molecule has 11 heavy (non-hydrogen) atoms. The first-order valence-corrected chi connectivity index (χ1v) is 4.49. The molecular weight excluding hydrogens is 138 g/mol. The molecule has 2 atom stereocenters. The summed E-state index contributed by atoms with van der Waals surface area (Å²) in [6.45, 7) is 2.02. The molecule has 0 N–H and O–H groups in total. The van der Waals surface area contributed by atoms with Gasteiger partial charge in [-0.2, -0.15) is 0 Å². The highest BCUT2D eigenvalue weighted by Crippen LogP contribution is 2.30. The first-order chi connectivity index (χ1) is 5.27. The van der Waals surface area contributed by atoms with Gasteiger partial charge in [-0.3, -0.25) is 4.79 Å². The summed E-state index contributed by atoms with van der Waals surface area (Å²) in [7, 11) is 2.12. The molecule has 0 amide bonds. The molecule has 2 rings (SSSR count). The minimum Gasteiger partial charge on any atom is -0.305 e. The summed E-state index contributed by atoms with van der Waals surface area (Å²) < 4.78 is 0. The average molecular weight is 153 g/mol. The minimum atomic E-state index is 0.382. The SMILES string of the molecule is CN1C[C@H]2CCC[C@@H](C1)C2=O. The van der Waals surface area contributed by atoms with E-state index in [1.807, 2.05) is 0 Å². The van der Waals surface area contributed by atoms with Crippen LogP contribution in [-0.2, 0) is 4.79 Å². The maximum atomic E-state index is 11.5. The van der Waals surface area contributed by atoms with E-state index in [1.165, 1.54) is 6.42 Å². The Bertz CT molecular complexity index is 162. The fourth-order valence-corrected chi connectivity index (χ4v) is 2.42. The lowest BCUT2D eigenvalue weighted by atomic mass is 9.77. The number of Topliss-reactive ketones (excluding diaryl/α,β-unsaturated/α-hetero) is 1. The monoisotopic (exact) mass is 153 g/mol. The molecule has 0 unspecified atom stereocenters. The zero-order chi connectivity index (χ0) is 7.84. The number of nitrogens with zero attached hydrogens (tertiary/aromatic N) is 1. The van der Waals surface area contributed by atoms with Gasteiger partial charge < -0.3 is 4.90 Å². The highest BCUT2D eigenvalue weighted by Gasteiger charge is 2.36. The molecule has 0 spiro atoms. The predicted octanol–water partition coefficient (Wildman–Crippen LogP) is 0.917. The van der Waals surface area contributed by atoms with Crippen molar-refractivity contribution < 1.29 is 4.79 Å². The predicted molar refractivity (Wildman–Crippen MR) is 43.3 cm³/mol. The third-order valence-electron chi connectivity index (χ3n) is 2.97. The Morgan fingerprint density at radius 3 is 2.36 bits per heavy atom. The summed E-state index contributed by atoms with van der Waals surface area (Å²) in [5.74, 6) is 1.31. The van der Waals surface area contributed by atoms with Gasteiger partial charge in [-0.25, -0.2) is 0 Å². The molecule has 1 heterocycles. The number of ketones is 1. The van der Waals surface area contributed by atoms with Crippen LogP contribution < -0.4 is 0 Å². The molecule has 2 fully saturated rings. The quantitative estimate of drug-likeness (QED) is 0.515. The highest BCUT2D eigenvalue weighted by atomic mass is 16.1. The molecule has 0 aromatic rings. The minimum absolute atomic E-state index is 0.382. The van der Waals surface area contributed by atoms with E-state index >= 15 is 0 Å². The lowest BCUT2D eigenvalue weighted by molar-refractivity contribution is -0.133. The van der Waals surface area contributed by atoms with E-state index in [1.54, 1.807) is 0 Å². The Labute approximate surface area is 67.6 Å². The number of hydrogen-bond acceptors (Lipinski definition) is 2. The van der Waals surface area contributed by atoms with E-state index in [9.17, 15) is 4.79 Å². The van der Waals surface area contributed by atoms with E-state index in [0.717, 1.165) is 25.9 Å². The number of hydrogen-bond donors (Lipinski definition) is 0. The smallest absolute Gasteiger partial charge is 0.141 e. The molecule has 2 bridgehead atoms. The van der Waals surface area contributed by atoms with Gasteiger partial charge in [-0.05, 0) is 19.9 Å². The molecule has 1 aliphatic carbocycles. The fourth-order valence-electron chi connectivity index (χ4n) is 2.42. The lowest BCUT2D eigenvalue weighted by Crippen LogP contribution is -2.47. The third kappa shape index (κ3) is 1.20. The maximum absolute atomic E-state index is 11.5. The van der Waals surface area contributed by atoms with E-state index < -0.39 is 0 Å². The van der Waals surface area contributed by atoms with Crippen molar-refractivity contribution in [3.63, 3.8) is 0 Å². The largest absolute Gasteiger partial charge is 0.305 e. The first-order valence-electron chi connectivity index (χ1n) is 4.49. The zero-order valence-corrected chi connectivity index (χ0v) is 7.05. The summed E-state index contributed by atoms with van der Waals surface area (Å²) in [4.78, 5) is 13.8. The van der Waals surface area contributed by atoms with Gasteiger partial charge in [0.1, 0.15) is 5.78 Å². The Hall–Kier alpha value is -0.370. The molecule has 62 valence electrons. The molecule has 2 heteroatoms. The van der Waals surface area contributed by atoms with Crippen LogP contribution in [-0.4, -0.2) is 30.8 Å². The first kappa shape index (κ1) is 7.29. The fraction of sp³-hybridized carbons (Fsp3) is 0.889. The van der Waals surface area contributed by atoms with Crippen LogP contribution >= 0.6 is 0 Å². The molecule has 0 aromatic heterocycles. The second kappa shape index (κ2) is 2.59. The van der Waals surface area contributed by atoms with Gasteiger partial charge in [-0.15, -0.1) is 0 Å². The maximum Gasteiger partial charge on any atom is 0.141 e. The molecule has 2 nitrogen and oxygen atoms in total. The average Bonchev–Trinajstić information content (AvgIpc) is 1.92. The molecular formula is C9H15NO. The van der Waals surface area contributed by atoms with Gasteiger partial charge in [0.05, 0.1) is 0 Å². The Kier molecular flexibility index (Phi) is 1.72. The molecule has 1 saturated heterocycles. The molecule has 1 saturated carbocycles. The van der Waals surface area contributed by atoms with Crippen molar-refractivity contribution in [3.05, 3.63) is 0 Å². The molecule has 1 aliphatic heterocycles. The summed E-state index contributed by atoms with van der Waals surface area (Å²) in [5, 5.41) is 0. The third-order valence-corrected chi connectivity index (χ3v) is 2.97. The summed E-state index contributed by atoms with van der Waals surface area (Å²) in [6.07, 6.45) is 3.55. The van der Waals surface area contributed by atoms with Gasteiger partial charge in [-0.1, -0.05) is 6.42 Å². The zero-order valence-electron chi connectivity index (χ0n) is 7.05. The Morgan fingerprint density at radius 2 is 1.82 bits per heavy atom. The van der Waals surface area contributed by atoms with Crippen LogP contribution in [0, 0.1) is 11.8 Å². The van der Waals surface area contributed by atoms with E-state index in [0.29, 0.717) is 17.6 Å². The van der Waals surface area contributed by atoms with Crippen molar-refractivity contribution in [2.45, 2.75) is 19.3 Å². The molecule has 0 radical (unpaired) electrons. The number of carbonyl (C=O) groups excluding carboxylic acids is 1. The summed E-state index contributed by atoms with van der Waals surface area (Å²) in [6, 6.07) is 0. The van der Waals surface area contributed by atoms with Crippen molar-refractivity contribution in [3.8, 4) is 0 Å². The Balaban J connectivity index is 2.13. The summed E-state index contributed by atoms with van der Waals surface area (Å²) in [5.41, 5.74) is 0. The van der Waals surface area contributed by atoms with E-state index in [-0.39, 0.29) is 0 Å². The standard InChI is InChI=1S/C9H15NO/c1-10-5-7-3-2-4-8(6-10)9(7)11/h7-8H,2-6H2,1H3/t7-,8+. The highest BCUT2D eigenvalue weighted by molar-refractivity contribution is 5.85. The lowest BCUT2D eigenvalue weighted by Gasteiger charge is -2.38. The van der Waals surface area contributed by atoms with Crippen molar-refractivity contribution in [1.82, 2.24) is 4.90 Å². The van der Waals surface area contributed by atoms with Crippen molar-refractivity contribution in [1.29, 1.82) is 0 Å². The molecule has 0 aromatic carbocycles. The van der Waals surface area contributed by atoms with Gasteiger partial charge >= 0.3 is 0 Å². The van der Waals surface area contributed by atoms with Crippen LogP contribution in [0.25, 0.3) is 0 Å². The number of piperidine rings is 1. The van der Waals surface area contributed by atoms with Crippen LogP contribution in [0.4, 0.5) is 0 Å². The van der Waals surface area contributed by atoms with Crippen LogP contribution in [0.1, 0.15) is 19.3 Å². The van der Waals surface area contributed by atoms with Crippen LogP contribution in [0.3, 0.4) is 0 Å². The van der Waals surface area contributed by atoms with Gasteiger partial charge in [0.2, 0.25) is 0 Å². The normalized spacial score (nSPS) is 39.2. The van der Waals surface area contributed by atoms with Crippen molar-refractivity contribution in [2.24, 2.45) is 11.8 Å². The van der Waals surface area contributed by atoms with Gasteiger partial charge in [0, 0.05) is 24.9 Å². The number of carbonyl (C=O) groups is 1. The van der Waals surface area contributed by atoms with Gasteiger partial charge in [0.25, 0.3) is 0 Å². The van der Waals surface area contributed by atoms with Crippen LogP contribution in [0.5, 0.6) is 0 Å². The second-order valence-corrected chi connectivity index (χ2v) is 3.95. The number of rotatable bonds is 0. The van der Waals surface area contributed by atoms with E-state index in [2.05, 4.69) is 11.9 Å². The topological polar surface area (TPSA) is 20.3 Å².